The Labute approximate surface area is 135 Å². The maximum absolute atomic E-state index is 12.1. The van der Waals surface area contributed by atoms with E-state index in [9.17, 15) is 9.59 Å². The van der Waals surface area contributed by atoms with E-state index in [2.05, 4.69) is 5.32 Å². The largest absolute Gasteiger partial charge is 0.493 e. The van der Waals surface area contributed by atoms with Crippen molar-refractivity contribution in [3.8, 4) is 11.5 Å². The fraction of sp³-hybridized carbons (Fsp3) is 0.222. The molecule has 0 saturated heterocycles. The van der Waals surface area contributed by atoms with Crippen LogP contribution in [0.5, 0.6) is 11.5 Å². The van der Waals surface area contributed by atoms with Gasteiger partial charge in [0, 0.05) is 12.1 Å². The van der Waals surface area contributed by atoms with Gasteiger partial charge in [-0.1, -0.05) is 30.3 Å². The second-order valence-corrected chi connectivity index (χ2v) is 4.99. The molecule has 2 aromatic rings. The molecule has 5 heteroatoms. The lowest BCUT2D eigenvalue weighted by Gasteiger charge is -2.17. The number of nitrogens with one attached hydrogen (secondary N) is 1. The highest BCUT2D eigenvalue weighted by Crippen LogP contribution is 2.28. The Balaban J connectivity index is 1.99. The zero-order chi connectivity index (χ0) is 16.7. The molecule has 0 fully saturated rings. The SMILES string of the molecule is COc1ccc(C=O)cc1O[C@@H](C)C(=O)NCc1ccccc1. The van der Waals surface area contributed by atoms with E-state index in [-0.39, 0.29) is 5.91 Å². The summed E-state index contributed by atoms with van der Waals surface area (Å²) in [4.78, 5) is 23.0. The minimum absolute atomic E-state index is 0.243. The molecule has 0 aliphatic heterocycles. The maximum atomic E-state index is 12.1. The van der Waals surface area contributed by atoms with Gasteiger partial charge in [-0.3, -0.25) is 9.59 Å². The molecule has 0 radical (unpaired) electrons. The Morgan fingerprint density at radius 2 is 1.91 bits per heavy atom. The molecule has 0 heterocycles. The van der Waals surface area contributed by atoms with Crippen molar-refractivity contribution in [2.24, 2.45) is 0 Å². The highest BCUT2D eigenvalue weighted by atomic mass is 16.5. The number of carbonyl (C=O) groups excluding carboxylic acids is 2. The van der Waals surface area contributed by atoms with Gasteiger partial charge in [0.2, 0.25) is 0 Å². The summed E-state index contributed by atoms with van der Waals surface area (Å²) in [6.45, 7) is 2.08. The van der Waals surface area contributed by atoms with Crippen LogP contribution in [0.3, 0.4) is 0 Å². The van der Waals surface area contributed by atoms with E-state index < -0.39 is 6.10 Å². The zero-order valence-electron chi connectivity index (χ0n) is 13.1. The molecule has 1 atom stereocenters. The molecule has 120 valence electrons. The standard InChI is InChI=1S/C18H19NO4/c1-13(18(21)19-11-14-6-4-3-5-7-14)23-17-10-15(12-20)8-9-16(17)22-2/h3-10,12-13H,11H2,1-2H3,(H,19,21)/t13-/m0/s1. The molecular formula is C18H19NO4. The lowest BCUT2D eigenvalue weighted by Crippen LogP contribution is -2.36. The third-order valence-electron chi connectivity index (χ3n) is 3.31. The van der Waals surface area contributed by atoms with Crippen LogP contribution >= 0.6 is 0 Å². The molecule has 1 N–H and O–H groups in total. The van der Waals surface area contributed by atoms with Gasteiger partial charge in [0.05, 0.1) is 7.11 Å². The first-order valence-electron chi connectivity index (χ1n) is 7.25. The third-order valence-corrected chi connectivity index (χ3v) is 3.31. The summed E-state index contributed by atoms with van der Waals surface area (Å²) in [5.74, 6) is 0.588. The number of amides is 1. The van der Waals surface area contributed by atoms with Gasteiger partial charge in [0.1, 0.15) is 6.29 Å². The predicted octanol–water partition coefficient (Wildman–Crippen LogP) is 2.59. The molecule has 23 heavy (non-hydrogen) atoms. The van der Waals surface area contributed by atoms with Crippen LogP contribution in [0.15, 0.2) is 48.5 Å². The highest BCUT2D eigenvalue weighted by molar-refractivity contribution is 5.81. The molecule has 0 saturated carbocycles. The Hall–Kier alpha value is -2.82. The lowest BCUT2D eigenvalue weighted by molar-refractivity contribution is -0.127. The van der Waals surface area contributed by atoms with E-state index in [1.54, 1.807) is 25.1 Å². The van der Waals surface area contributed by atoms with E-state index in [1.165, 1.54) is 7.11 Å². The van der Waals surface area contributed by atoms with Crippen LogP contribution in [0.4, 0.5) is 0 Å². The monoisotopic (exact) mass is 313 g/mol. The van der Waals surface area contributed by atoms with E-state index in [0.717, 1.165) is 5.56 Å². The van der Waals surface area contributed by atoms with E-state index in [0.29, 0.717) is 29.9 Å². The molecule has 0 spiro atoms. The lowest BCUT2D eigenvalue weighted by atomic mass is 10.2. The fourth-order valence-electron chi connectivity index (χ4n) is 2.03. The van der Waals surface area contributed by atoms with Gasteiger partial charge in [0.15, 0.2) is 17.6 Å². The molecule has 1 amide bonds. The summed E-state index contributed by atoms with van der Waals surface area (Å²) in [6, 6.07) is 14.4. The van der Waals surface area contributed by atoms with Crippen LogP contribution in [-0.2, 0) is 11.3 Å². The molecule has 0 unspecified atom stereocenters. The molecule has 2 aromatic carbocycles. The molecule has 0 aliphatic rings. The predicted molar refractivity (Wildman–Crippen MR) is 86.8 cm³/mol. The van der Waals surface area contributed by atoms with Crippen LogP contribution in [-0.4, -0.2) is 25.4 Å². The number of methoxy groups -OCH3 is 1. The average Bonchev–Trinajstić information content (AvgIpc) is 2.60. The summed E-state index contributed by atoms with van der Waals surface area (Å²) >= 11 is 0. The number of aldehydes is 1. The summed E-state index contributed by atoms with van der Waals surface area (Å²) in [5.41, 5.74) is 1.46. The number of rotatable bonds is 7. The van der Waals surface area contributed by atoms with Gasteiger partial charge in [-0.25, -0.2) is 0 Å². The number of benzene rings is 2. The molecule has 0 bridgehead atoms. The van der Waals surface area contributed by atoms with E-state index >= 15 is 0 Å². The Morgan fingerprint density at radius 1 is 1.17 bits per heavy atom. The number of carbonyl (C=O) groups is 2. The number of hydrogen-bond acceptors (Lipinski definition) is 4. The van der Waals surface area contributed by atoms with Crippen molar-refractivity contribution >= 4 is 12.2 Å². The summed E-state index contributed by atoms with van der Waals surface area (Å²) in [6.07, 6.45) is 0.00131. The van der Waals surface area contributed by atoms with Gasteiger partial charge < -0.3 is 14.8 Å². The Morgan fingerprint density at radius 3 is 2.57 bits per heavy atom. The fourth-order valence-corrected chi connectivity index (χ4v) is 2.03. The first kappa shape index (κ1) is 16.5. The quantitative estimate of drug-likeness (QED) is 0.798. The van der Waals surface area contributed by atoms with Crippen LogP contribution in [0, 0.1) is 0 Å². The number of ether oxygens (including phenoxy) is 2. The Bertz CT molecular complexity index is 670. The summed E-state index contributed by atoms with van der Waals surface area (Å²) in [7, 11) is 1.50. The summed E-state index contributed by atoms with van der Waals surface area (Å²) < 4.78 is 10.8. The highest BCUT2D eigenvalue weighted by Gasteiger charge is 2.17. The normalized spacial score (nSPS) is 11.4. The van der Waals surface area contributed by atoms with Gasteiger partial charge in [-0.2, -0.15) is 0 Å². The van der Waals surface area contributed by atoms with Crippen LogP contribution < -0.4 is 14.8 Å². The summed E-state index contributed by atoms with van der Waals surface area (Å²) in [5, 5.41) is 2.81. The van der Waals surface area contributed by atoms with Crippen LogP contribution in [0.25, 0.3) is 0 Å². The maximum Gasteiger partial charge on any atom is 0.261 e. The van der Waals surface area contributed by atoms with Crippen LogP contribution in [0.2, 0.25) is 0 Å². The molecule has 2 rings (SSSR count). The Kier molecular flexibility index (Phi) is 5.74. The average molecular weight is 313 g/mol. The van der Waals surface area contributed by atoms with Crippen molar-refractivity contribution in [2.45, 2.75) is 19.6 Å². The van der Waals surface area contributed by atoms with Gasteiger partial charge >= 0.3 is 0 Å². The minimum atomic E-state index is -0.713. The number of hydrogen-bond donors (Lipinski definition) is 1. The second-order valence-electron chi connectivity index (χ2n) is 4.99. The smallest absolute Gasteiger partial charge is 0.261 e. The second kappa shape index (κ2) is 7.98. The van der Waals surface area contributed by atoms with E-state index in [4.69, 9.17) is 9.47 Å². The van der Waals surface area contributed by atoms with Crippen molar-refractivity contribution in [3.63, 3.8) is 0 Å². The zero-order valence-corrected chi connectivity index (χ0v) is 13.1. The molecule has 0 aliphatic carbocycles. The molecule has 5 nitrogen and oxygen atoms in total. The van der Waals surface area contributed by atoms with Gasteiger partial charge in [0.25, 0.3) is 5.91 Å². The first-order chi connectivity index (χ1) is 11.1. The van der Waals surface area contributed by atoms with Gasteiger partial charge in [-0.15, -0.1) is 0 Å². The minimum Gasteiger partial charge on any atom is -0.493 e. The topological polar surface area (TPSA) is 64.6 Å². The molecular weight excluding hydrogens is 294 g/mol. The van der Waals surface area contributed by atoms with Gasteiger partial charge in [-0.05, 0) is 30.7 Å². The van der Waals surface area contributed by atoms with Crippen molar-refractivity contribution in [1.29, 1.82) is 0 Å². The third kappa shape index (κ3) is 4.57. The van der Waals surface area contributed by atoms with Crippen LogP contribution in [0.1, 0.15) is 22.8 Å². The van der Waals surface area contributed by atoms with Crippen molar-refractivity contribution in [1.82, 2.24) is 5.32 Å². The van der Waals surface area contributed by atoms with Crippen molar-refractivity contribution < 1.29 is 19.1 Å². The van der Waals surface area contributed by atoms with E-state index in [1.807, 2.05) is 30.3 Å². The van der Waals surface area contributed by atoms with Crippen molar-refractivity contribution in [2.75, 3.05) is 7.11 Å². The molecule has 0 aromatic heterocycles. The van der Waals surface area contributed by atoms with Crippen molar-refractivity contribution in [3.05, 3.63) is 59.7 Å². The first-order valence-corrected chi connectivity index (χ1v) is 7.25.